The molecule has 2 aromatic carbocycles. The fraction of sp³-hybridized carbons (Fsp3) is 0. The molecular formula is C21H16N4O. The molecule has 5 nitrogen and oxygen atoms in total. The van der Waals surface area contributed by atoms with E-state index in [4.69, 9.17) is 0 Å². The normalized spacial score (nSPS) is 11.1. The van der Waals surface area contributed by atoms with E-state index in [9.17, 15) is 4.79 Å². The summed E-state index contributed by atoms with van der Waals surface area (Å²) >= 11 is 0. The summed E-state index contributed by atoms with van der Waals surface area (Å²) in [5.41, 5.74) is 3.51. The van der Waals surface area contributed by atoms with Crippen LogP contribution in [0, 0.1) is 0 Å². The van der Waals surface area contributed by atoms with E-state index in [1.54, 1.807) is 24.8 Å². The molecule has 0 bridgehead atoms. The molecule has 2 heterocycles. The first-order chi connectivity index (χ1) is 12.8. The van der Waals surface area contributed by atoms with Gasteiger partial charge in [-0.05, 0) is 36.4 Å². The number of carbonyl (C=O) groups excluding carboxylic acids is 1. The molecule has 0 unspecified atom stereocenters. The molecule has 0 spiro atoms. The average Bonchev–Trinajstić information content (AvgIpc) is 3.22. The predicted octanol–water partition coefficient (Wildman–Crippen LogP) is 4.07. The van der Waals surface area contributed by atoms with Gasteiger partial charge in [-0.15, -0.1) is 0 Å². The van der Waals surface area contributed by atoms with Crippen molar-refractivity contribution < 1.29 is 4.79 Å². The lowest BCUT2D eigenvalue weighted by molar-refractivity contribution is -0.111. The van der Waals surface area contributed by atoms with Crippen LogP contribution in [0.2, 0.25) is 0 Å². The van der Waals surface area contributed by atoms with E-state index in [0.717, 1.165) is 27.8 Å². The Morgan fingerprint density at radius 3 is 2.65 bits per heavy atom. The number of hydrogen-bond acceptors (Lipinski definition) is 3. The molecule has 0 aliphatic rings. The molecule has 0 fully saturated rings. The van der Waals surface area contributed by atoms with E-state index in [1.807, 2.05) is 65.4 Å². The van der Waals surface area contributed by atoms with E-state index >= 15 is 0 Å². The first kappa shape index (κ1) is 15.8. The molecule has 0 atom stereocenters. The van der Waals surface area contributed by atoms with E-state index < -0.39 is 0 Å². The van der Waals surface area contributed by atoms with Gasteiger partial charge in [-0.1, -0.05) is 24.3 Å². The van der Waals surface area contributed by atoms with Gasteiger partial charge < -0.3 is 9.88 Å². The van der Waals surface area contributed by atoms with E-state index in [1.165, 1.54) is 6.08 Å². The number of imidazole rings is 1. The van der Waals surface area contributed by atoms with Crippen molar-refractivity contribution in [1.82, 2.24) is 14.5 Å². The van der Waals surface area contributed by atoms with Crippen molar-refractivity contribution in [1.29, 1.82) is 0 Å². The summed E-state index contributed by atoms with van der Waals surface area (Å²) in [6.07, 6.45) is 10.4. The van der Waals surface area contributed by atoms with Crippen LogP contribution in [0.1, 0.15) is 5.56 Å². The molecule has 0 aliphatic heterocycles. The monoisotopic (exact) mass is 340 g/mol. The summed E-state index contributed by atoms with van der Waals surface area (Å²) in [5.74, 6) is -0.187. The lowest BCUT2D eigenvalue weighted by Crippen LogP contribution is -2.07. The first-order valence-corrected chi connectivity index (χ1v) is 8.21. The van der Waals surface area contributed by atoms with Crippen LogP contribution in [-0.2, 0) is 4.79 Å². The minimum absolute atomic E-state index is 0.187. The van der Waals surface area contributed by atoms with Gasteiger partial charge in [-0.2, -0.15) is 0 Å². The number of carbonyl (C=O) groups is 1. The average molecular weight is 340 g/mol. The van der Waals surface area contributed by atoms with Gasteiger partial charge in [0.2, 0.25) is 5.91 Å². The number of rotatable bonds is 4. The number of fused-ring (bicyclic) bond motifs is 1. The van der Waals surface area contributed by atoms with Crippen molar-refractivity contribution in [3.8, 4) is 5.69 Å². The molecule has 0 radical (unpaired) electrons. The molecule has 4 rings (SSSR count). The highest BCUT2D eigenvalue weighted by Gasteiger charge is 2.02. The van der Waals surface area contributed by atoms with Gasteiger partial charge in [0.15, 0.2) is 0 Å². The minimum Gasteiger partial charge on any atom is -0.323 e. The first-order valence-electron chi connectivity index (χ1n) is 8.21. The Balaban J connectivity index is 1.47. The topological polar surface area (TPSA) is 59.8 Å². The second-order valence-corrected chi connectivity index (χ2v) is 5.76. The van der Waals surface area contributed by atoms with Crippen LogP contribution in [0.3, 0.4) is 0 Å². The molecular weight excluding hydrogens is 324 g/mol. The lowest BCUT2D eigenvalue weighted by Gasteiger charge is -2.05. The maximum Gasteiger partial charge on any atom is 0.248 e. The van der Waals surface area contributed by atoms with E-state index in [2.05, 4.69) is 15.3 Å². The van der Waals surface area contributed by atoms with Crippen molar-refractivity contribution in [3.63, 3.8) is 0 Å². The highest BCUT2D eigenvalue weighted by Crippen LogP contribution is 2.17. The molecule has 4 aromatic rings. The summed E-state index contributed by atoms with van der Waals surface area (Å²) in [6, 6.07) is 17.4. The fourth-order valence-corrected chi connectivity index (χ4v) is 2.74. The Bertz CT molecular complexity index is 1060. The lowest BCUT2D eigenvalue weighted by atomic mass is 10.1. The van der Waals surface area contributed by atoms with Crippen LogP contribution in [0.15, 0.2) is 85.6 Å². The van der Waals surface area contributed by atoms with E-state index in [-0.39, 0.29) is 5.91 Å². The van der Waals surface area contributed by atoms with Crippen molar-refractivity contribution in [3.05, 3.63) is 91.2 Å². The summed E-state index contributed by atoms with van der Waals surface area (Å²) in [6.45, 7) is 0. The van der Waals surface area contributed by atoms with Crippen LogP contribution in [0.25, 0.3) is 22.7 Å². The van der Waals surface area contributed by atoms with Gasteiger partial charge in [0.25, 0.3) is 0 Å². The van der Waals surface area contributed by atoms with Crippen LogP contribution in [-0.4, -0.2) is 20.4 Å². The molecule has 0 aliphatic carbocycles. The molecule has 0 saturated carbocycles. The molecule has 0 saturated heterocycles. The number of aromatic nitrogens is 3. The molecule has 2 aromatic heterocycles. The zero-order valence-corrected chi connectivity index (χ0v) is 13.9. The largest absolute Gasteiger partial charge is 0.323 e. The van der Waals surface area contributed by atoms with Crippen molar-refractivity contribution in [2.45, 2.75) is 0 Å². The Labute approximate surface area is 150 Å². The zero-order chi connectivity index (χ0) is 17.8. The fourth-order valence-electron chi connectivity index (χ4n) is 2.74. The second kappa shape index (κ2) is 7.03. The third-order valence-electron chi connectivity index (χ3n) is 4.02. The maximum atomic E-state index is 12.2. The van der Waals surface area contributed by atoms with Gasteiger partial charge in [-0.3, -0.25) is 9.78 Å². The van der Waals surface area contributed by atoms with Gasteiger partial charge in [-0.25, -0.2) is 4.98 Å². The second-order valence-electron chi connectivity index (χ2n) is 5.76. The highest BCUT2D eigenvalue weighted by molar-refractivity contribution is 6.03. The van der Waals surface area contributed by atoms with Gasteiger partial charge in [0, 0.05) is 47.0 Å². The number of anilines is 1. The van der Waals surface area contributed by atoms with E-state index in [0.29, 0.717) is 0 Å². The number of pyridine rings is 1. The molecule has 1 amide bonds. The standard InChI is InChI=1S/C21H16N4O/c26-20(11-6-17-4-1-3-16-5-2-12-23-21(16)17)24-18-7-9-19(10-8-18)25-14-13-22-15-25/h1-15H,(H,24,26)/b11-6+. The Hall–Kier alpha value is -3.73. The van der Waals surface area contributed by atoms with Crippen LogP contribution in [0.5, 0.6) is 0 Å². The Morgan fingerprint density at radius 2 is 1.85 bits per heavy atom. The van der Waals surface area contributed by atoms with Gasteiger partial charge in [0.05, 0.1) is 11.8 Å². The summed E-state index contributed by atoms with van der Waals surface area (Å²) in [4.78, 5) is 20.6. The van der Waals surface area contributed by atoms with Gasteiger partial charge in [0.1, 0.15) is 0 Å². The summed E-state index contributed by atoms with van der Waals surface area (Å²) in [5, 5.41) is 3.91. The number of nitrogens with zero attached hydrogens (tertiary/aromatic N) is 3. The van der Waals surface area contributed by atoms with Crippen molar-refractivity contribution in [2.75, 3.05) is 5.32 Å². The molecule has 1 N–H and O–H groups in total. The number of benzene rings is 2. The number of nitrogens with one attached hydrogen (secondary N) is 1. The van der Waals surface area contributed by atoms with Crippen molar-refractivity contribution in [2.24, 2.45) is 0 Å². The van der Waals surface area contributed by atoms with Crippen LogP contribution < -0.4 is 5.32 Å². The maximum absolute atomic E-state index is 12.2. The van der Waals surface area contributed by atoms with Crippen LogP contribution >= 0.6 is 0 Å². The quantitative estimate of drug-likeness (QED) is 0.570. The summed E-state index contributed by atoms with van der Waals surface area (Å²) < 4.78 is 1.90. The Morgan fingerprint density at radius 1 is 1.00 bits per heavy atom. The van der Waals surface area contributed by atoms with Gasteiger partial charge >= 0.3 is 0 Å². The zero-order valence-electron chi connectivity index (χ0n) is 13.9. The number of para-hydroxylation sites is 1. The Kier molecular flexibility index (Phi) is 4.26. The highest BCUT2D eigenvalue weighted by atomic mass is 16.1. The molecule has 26 heavy (non-hydrogen) atoms. The predicted molar refractivity (Wildman–Crippen MR) is 103 cm³/mol. The number of hydrogen-bond donors (Lipinski definition) is 1. The summed E-state index contributed by atoms with van der Waals surface area (Å²) in [7, 11) is 0. The van der Waals surface area contributed by atoms with Crippen molar-refractivity contribution >= 4 is 28.6 Å². The molecule has 5 heteroatoms. The molecule has 126 valence electrons. The smallest absolute Gasteiger partial charge is 0.248 e. The SMILES string of the molecule is O=C(/C=C/c1cccc2cccnc12)Nc1ccc(-n2ccnc2)cc1. The van der Waals surface area contributed by atoms with Crippen LogP contribution in [0.4, 0.5) is 5.69 Å². The minimum atomic E-state index is -0.187. The third kappa shape index (κ3) is 3.37. The number of amides is 1. The third-order valence-corrected chi connectivity index (χ3v) is 4.02.